The van der Waals surface area contributed by atoms with E-state index in [0.717, 1.165) is 16.8 Å². The van der Waals surface area contributed by atoms with Crippen LogP contribution in [0, 0.1) is 0 Å². The number of nitrogens with two attached hydrogens (primary N) is 1. The maximum atomic E-state index is 12.8. The first-order chi connectivity index (χ1) is 14.8. The standard InChI is InChI=1S/C23H21ClN4O3/c1-13(31-20-11-17(24)12-26-22(20)25)14-4-3-5-18(8-14)27-23(30)16-7-6-15-10-21(29)28(2)19(15)9-16/h3-9,11-13H,10H2,1-2H3,(H2,25,26)(H,27,30). The number of amides is 2. The van der Waals surface area contributed by atoms with Gasteiger partial charge in [-0.15, -0.1) is 0 Å². The van der Waals surface area contributed by atoms with Gasteiger partial charge in [0.2, 0.25) is 5.91 Å². The number of nitrogens with zero attached hydrogens (tertiary/aromatic N) is 2. The lowest BCUT2D eigenvalue weighted by Gasteiger charge is -2.17. The lowest BCUT2D eigenvalue weighted by Crippen LogP contribution is -2.21. The van der Waals surface area contributed by atoms with Crippen LogP contribution in [0.15, 0.2) is 54.7 Å². The summed E-state index contributed by atoms with van der Waals surface area (Å²) < 4.78 is 5.91. The second-order valence-corrected chi connectivity index (χ2v) is 7.79. The first kappa shape index (κ1) is 20.7. The van der Waals surface area contributed by atoms with Crippen molar-refractivity contribution in [1.82, 2.24) is 4.98 Å². The van der Waals surface area contributed by atoms with E-state index in [1.807, 2.05) is 31.2 Å². The smallest absolute Gasteiger partial charge is 0.255 e. The van der Waals surface area contributed by atoms with Gasteiger partial charge in [-0.05, 0) is 42.3 Å². The Morgan fingerprint density at radius 2 is 2.06 bits per heavy atom. The molecule has 1 aliphatic heterocycles. The van der Waals surface area contributed by atoms with Gasteiger partial charge in [-0.3, -0.25) is 9.59 Å². The summed E-state index contributed by atoms with van der Waals surface area (Å²) in [6.07, 6.45) is 1.47. The highest BCUT2D eigenvalue weighted by molar-refractivity contribution is 6.30. The zero-order valence-corrected chi connectivity index (χ0v) is 17.8. The van der Waals surface area contributed by atoms with E-state index in [-0.39, 0.29) is 23.7 Å². The summed E-state index contributed by atoms with van der Waals surface area (Å²) in [5.74, 6) is 0.404. The van der Waals surface area contributed by atoms with Gasteiger partial charge in [0.25, 0.3) is 5.91 Å². The fraction of sp³-hybridized carbons (Fsp3) is 0.174. The molecule has 158 valence electrons. The number of fused-ring (bicyclic) bond motifs is 1. The first-order valence-corrected chi connectivity index (χ1v) is 10.1. The molecule has 1 aliphatic rings. The molecule has 0 aliphatic carbocycles. The molecule has 3 N–H and O–H groups in total. The van der Waals surface area contributed by atoms with E-state index in [0.29, 0.717) is 28.4 Å². The number of halogens is 1. The van der Waals surface area contributed by atoms with Gasteiger partial charge >= 0.3 is 0 Å². The average Bonchev–Trinajstić information content (AvgIpc) is 3.04. The number of nitrogen functional groups attached to an aromatic ring is 1. The highest BCUT2D eigenvalue weighted by atomic mass is 35.5. The molecule has 3 aromatic rings. The van der Waals surface area contributed by atoms with Gasteiger partial charge in [-0.2, -0.15) is 0 Å². The number of carbonyl (C=O) groups excluding carboxylic acids is 2. The van der Waals surface area contributed by atoms with Gasteiger partial charge in [-0.1, -0.05) is 29.8 Å². The van der Waals surface area contributed by atoms with Gasteiger partial charge in [0.15, 0.2) is 11.6 Å². The number of likely N-dealkylation sites (N-methyl/N-ethyl adjacent to an activating group) is 1. The van der Waals surface area contributed by atoms with E-state index in [1.165, 1.54) is 6.20 Å². The molecule has 2 aromatic carbocycles. The number of benzene rings is 2. The van der Waals surface area contributed by atoms with Gasteiger partial charge in [0.1, 0.15) is 6.10 Å². The molecule has 1 aromatic heterocycles. The molecular formula is C23H21ClN4O3. The molecular weight excluding hydrogens is 416 g/mol. The van der Waals surface area contributed by atoms with Gasteiger partial charge in [0, 0.05) is 36.2 Å². The summed E-state index contributed by atoms with van der Waals surface area (Å²) in [5.41, 5.74) is 9.49. The Kier molecular flexibility index (Phi) is 5.52. The van der Waals surface area contributed by atoms with Crippen LogP contribution in [0.3, 0.4) is 0 Å². The summed E-state index contributed by atoms with van der Waals surface area (Å²) >= 11 is 5.97. The predicted molar refractivity (Wildman–Crippen MR) is 121 cm³/mol. The van der Waals surface area contributed by atoms with Crippen LogP contribution >= 0.6 is 11.6 Å². The van der Waals surface area contributed by atoms with Crippen LogP contribution in [0.25, 0.3) is 0 Å². The third-order valence-electron chi connectivity index (χ3n) is 5.19. The van der Waals surface area contributed by atoms with Crippen molar-refractivity contribution < 1.29 is 14.3 Å². The van der Waals surface area contributed by atoms with Gasteiger partial charge in [0.05, 0.1) is 11.4 Å². The SMILES string of the molecule is CC(Oc1cc(Cl)cnc1N)c1cccc(NC(=O)c2ccc3c(c2)N(C)C(=O)C3)c1. The molecule has 1 atom stereocenters. The van der Waals surface area contributed by atoms with Crippen molar-refractivity contribution in [3.05, 3.63) is 76.4 Å². The normalized spacial score (nSPS) is 13.6. The Labute approximate surface area is 184 Å². The number of aromatic nitrogens is 1. The second-order valence-electron chi connectivity index (χ2n) is 7.35. The van der Waals surface area contributed by atoms with Crippen molar-refractivity contribution in [2.75, 3.05) is 23.0 Å². The van der Waals surface area contributed by atoms with Crippen molar-refractivity contribution in [2.45, 2.75) is 19.4 Å². The molecule has 4 rings (SSSR count). The zero-order chi connectivity index (χ0) is 22.1. The Morgan fingerprint density at radius 3 is 2.87 bits per heavy atom. The van der Waals surface area contributed by atoms with Crippen molar-refractivity contribution in [3.63, 3.8) is 0 Å². The lowest BCUT2D eigenvalue weighted by molar-refractivity contribution is -0.117. The number of pyridine rings is 1. The van der Waals surface area contributed by atoms with Crippen LogP contribution in [0.5, 0.6) is 5.75 Å². The number of rotatable bonds is 5. The largest absolute Gasteiger partial charge is 0.482 e. The number of carbonyl (C=O) groups is 2. The van der Waals surface area contributed by atoms with E-state index in [9.17, 15) is 9.59 Å². The molecule has 0 radical (unpaired) electrons. The lowest BCUT2D eigenvalue weighted by atomic mass is 10.1. The van der Waals surface area contributed by atoms with Crippen molar-refractivity contribution in [2.24, 2.45) is 0 Å². The number of nitrogens with one attached hydrogen (secondary N) is 1. The minimum Gasteiger partial charge on any atom is -0.482 e. The Hall–Kier alpha value is -3.58. The molecule has 0 saturated heterocycles. The number of hydrogen-bond acceptors (Lipinski definition) is 5. The summed E-state index contributed by atoms with van der Waals surface area (Å²) in [6, 6.07) is 14.3. The van der Waals surface area contributed by atoms with Crippen LogP contribution in [-0.4, -0.2) is 23.8 Å². The van der Waals surface area contributed by atoms with Crippen LogP contribution < -0.4 is 20.7 Å². The maximum Gasteiger partial charge on any atom is 0.255 e. The number of hydrogen-bond donors (Lipinski definition) is 2. The van der Waals surface area contributed by atoms with Crippen LogP contribution in [-0.2, 0) is 11.2 Å². The fourth-order valence-corrected chi connectivity index (χ4v) is 3.59. The predicted octanol–water partition coefficient (Wildman–Crippen LogP) is 4.23. The number of ether oxygens (including phenoxy) is 1. The van der Waals surface area contributed by atoms with E-state index in [1.54, 1.807) is 36.2 Å². The third kappa shape index (κ3) is 4.32. The molecule has 2 heterocycles. The quantitative estimate of drug-likeness (QED) is 0.623. The monoisotopic (exact) mass is 436 g/mol. The van der Waals surface area contributed by atoms with Gasteiger partial charge < -0.3 is 20.7 Å². The molecule has 0 saturated carbocycles. The van der Waals surface area contributed by atoms with Crippen molar-refractivity contribution >= 4 is 40.6 Å². The summed E-state index contributed by atoms with van der Waals surface area (Å²) in [4.78, 5) is 30.2. The third-order valence-corrected chi connectivity index (χ3v) is 5.40. The van der Waals surface area contributed by atoms with Crippen LogP contribution in [0.2, 0.25) is 5.02 Å². The Bertz CT molecular complexity index is 1180. The minimum absolute atomic E-state index is 0.0183. The molecule has 2 amide bonds. The van der Waals surface area contributed by atoms with E-state index < -0.39 is 0 Å². The number of anilines is 3. The minimum atomic E-state index is -0.348. The van der Waals surface area contributed by atoms with Crippen molar-refractivity contribution in [1.29, 1.82) is 0 Å². The van der Waals surface area contributed by atoms with Crippen LogP contribution in [0.1, 0.15) is 34.5 Å². The van der Waals surface area contributed by atoms with E-state index >= 15 is 0 Å². The fourth-order valence-electron chi connectivity index (χ4n) is 3.44. The Balaban J connectivity index is 1.49. The van der Waals surface area contributed by atoms with Crippen LogP contribution in [0.4, 0.5) is 17.2 Å². The zero-order valence-electron chi connectivity index (χ0n) is 17.1. The summed E-state index contributed by atoms with van der Waals surface area (Å²) in [5, 5.41) is 3.33. The molecule has 31 heavy (non-hydrogen) atoms. The maximum absolute atomic E-state index is 12.8. The molecule has 0 fully saturated rings. The van der Waals surface area contributed by atoms with E-state index in [4.69, 9.17) is 22.1 Å². The molecule has 8 heteroatoms. The average molecular weight is 437 g/mol. The second kappa shape index (κ2) is 8.28. The highest BCUT2D eigenvalue weighted by Gasteiger charge is 2.25. The highest BCUT2D eigenvalue weighted by Crippen LogP contribution is 2.30. The topological polar surface area (TPSA) is 97.6 Å². The molecule has 7 nitrogen and oxygen atoms in total. The van der Waals surface area contributed by atoms with E-state index in [2.05, 4.69) is 10.3 Å². The molecule has 0 spiro atoms. The Morgan fingerprint density at radius 1 is 1.26 bits per heavy atom. The summed E-state index contributed by atoms with van der Waals surface area (Å²) in [6.45, 7) is 1.87. The van der Waals surface area contributed by atoms with Crippen molar-refractivity contribution in [3.8, 4) is 5.75 Å². The molecule has 1 unspecified atom stereocenters. The van der Waals surface area contributed by atoms with Gasteiger partial charge in [-0.25, -0.2) is 4.98 Å². The summed E-state index contributed by atoms with van der Waals surface area (Å²) in [7, 11) is 1.71. The molecule has 0 bridgehead atoms. The first-order valence-electron chi connectivity index (χ1n) is 9.70.